The highest BCUT2D eigenvalue weighted by atomic mass is 32.1. The van der Waals surface area contributed by atoms with Crippen LogP contribution in [-0.2, 0) is 0 Å². The number of rotatable bonds is 3. The molecule has 4 nitrogen and oxygen atoms in total. The van der Waals surface area contributed by atoms with Crippen molar-refractivity contribution < 1.29 is 4.42 Å². The van der Waals surface area contributed by atoms with Crippen LogP contribution in [-0.4, -0.2) is 14.5 Å². The maximum atomic E-state index is 6.81. The highest BCUT2D eigenvalue weighted by Gasteiger charge is 2.24. The van der Waals surface area contributed by atoms with Gasteiger partial charge in [0, 0.05) is 48.3 Å². The molecule has 246 valence electrons. The number of fused-ring (bicyclic) bond motifs is 12. The minimum absolute atomic E-state index is 0.644. The number of para-hydroxylation sites is 2. The molecule has 8 aromatic carbocycles. The number of nitrogens with zero attached hydrogens (tertiary/aromatic N) is 3. The Labute approximate surface area is 306 Å². The molecule has 0 aliphatic heterocycles. The van der Waals surface area contributed by atoms with Gasteiger partial charge in [-0.15, -0.1) is 11.3 Å². The van der Waals surface area contributed by atoms with E-state index in [4.69, 9.17) is 14.4 Å². The van der Waals surface area contributed by atoms with Crippen LogP contribution in [0.25, 0.3) is 114 Å². The number of thiophene rings is 1. The zero-order valence-corrected chi connectivity index (χ0v) is 29.1. The molecule has 0 bridgehead atoms. The van der Waals surface area contributed by atoms with Crippen LogP contribution in [0.2, 0.25) is 0 Å². The third kappa shape index (κ3) is 4.11. The fourth-order valence-corrected chi connectivity index (χ4v) is 9.58. The quantitative estimate of drug-likeness (QED) is 0.185. The minimum Gasteiger partial charge on any atom is -0.455 e. The fraction of sp³-hybridized carbons (Fsp3) is 0. The number of furan rings is 1. The molecule has 5 heteroatoms. The van der Waals surface area contributed by atoms with E-state index in [1.807, 2.05) is 0 Å². The molecule has 0 spiro atoms. The first-order valence-corrected chi connectivity index (χ1v) is 18.6. The molecule has 12 rings (SSSR count). The Hall–Kier alpha value is -6.82. The van der Waals surface area contributed by atoms with Crippen LogP contribution in [0, 0.1) is 0 Å². The Morgan fingerprint density at radius 3 is 2.08 bits per heavy atom. The van der Waals surface area contributed by atoms with Gasteiger partial charge in [0.15, 0.2) is 0 Å². The summed E-state index contributed by atoms with van der Waals surface area (Å²) in [4.78, 5) is 11.0. The largest absolute Gasteiger partial charge is 0.455 e. The van der Waals surface area contributed by atoms with E-state index in [9.17, 15) is 0 Å². The lowest BCUT2D eigenvalue weighted by Gasteiger charge is -2.13. The van der Waals surface area contributed by atoms with Crippen molar-refractivity contribution >= 4 is 96.9 Å². The standard InChI is InChI=1S/C48H27N3OS/c1-2-13-29(14-3-1)43-47-44(36-18-8-9-23-41(36)53-47)50-48(49-43)51-39-27-31-16-5-4-15-30(31)26-38(39)34-20-10-19-33(45(34)51)35-21-11-22-37-42-32-17-7-6-12-28(32)24-25-40(42)52-46(35)37/h1-27H. The molecule has 0 unspecified atom stereocenters. The average Bonchev–Trinajstić information content (AvgIpc) is 3.89. The van der Waals surface area contributed by atoms with Gasteiger partial charge in [0.05, 0.1) is 26.9 Å². The van der Waals surface area contributed by atoms with E-state index >= 15 is 0 Å². The summed E-state index contributed by atoms with van der Waals surface area (Å²) in [5, 5.41) is 10.4. The predicted octanol–water partition coefficient (Wildman–Crippen LogP) is 13.5. The first-order valence-electron chi connectivity index (χ1n) is 17.8. The maximum absolute atomic E-state index is 6.81. The summed E-state index contributed by atoms with van der Waals surface area (Å²) in [6.07, 6.45) is 0. The Morgan fingerprint density at radius 2 is 1.21 bits per heavy atom. The molecule has 0 saturated carbocycles. The molecule has 0 amide bonds. The molecule has 4 heterocycles. The van der Waals surface area contributed by atoms with Crippen molar-refractivity contribution in [3.63, 3.8) is 0 Å². The van der Waals surface area contributed by atoms with Crippen LogP contribution < -0.4 is 0 Å². The summed E-state index contributed by atoms with van der Waals surface area (Å²) in [7, 11) is 0. The normalized spacial score (nSPS) is 12.2. The first kappa shape index (κ1) is 28.8. The molecule has 0 atom stereocenters. The van der Waals surface area contributed by atoms with Crippen molar-refractivity contribution in [1.82, 2.24) is 14.5 Å². The number of hydrogen-bond donors (Lipinski definition) is 0. The number of benzene rings is 8. The lowest BCUT2D eigenvalue weighted by Crippen LogP contribution is -2.03. The SMILES string of the molecule is c1ccc(-c2nc(-n3c4cc5ccccc5cc4c4cccc(-c5cccc6c5oc5ccc7ccccc7c56)c43)nc3c2sc2ccccc23)cc1. The van der Waals surface area contributed by atoms with Gasteiger partial charge in [0.1, 0.15) is 11.2 Å². The van der Waals surface area contributed by atoms with Gasteiger partial charge in [-0.25, -0.2) is 9.97 Å². The van der Waals surface area contributed by atoms with Crippen LogP contribution in [0.5, 0.6) is 0 Å². The van der Waals surface area contributed by atoms with E-state index in [0.29, 0.717) is 5.95 Å². The third-order valence-corrected chi connectivity index (χ3v) is 12.0. The zero-order valence-electron chi connectivity index (χ0n) is 28.2. The van der Waals surface area contributed by atoms with Crippen LogP contribution in [0.15, 0.2) is 168 Å². The molecule has 53 heavy (non-hydrogen) atoms. The molecule has 12 aromatic rings. The second kappa shape index (κ2) is 10.8. The Morgan fingerprint density at radius 1 is 0.509 bits per heavy atom. The van der Waals surface area contributed by atoms with Gasteiger partial charge >= 0.3 is 0 Å². The maximum Gasteiger partial charge on any atom is 0.235 e. The van der Waals surface area contributed by atoms with Crippen LogP contribution in [0.3, 0.4) is 0 Å². The summed E-state index contributed by atoms with van der Waals surface area (Å²) >= 11 is 1.76. The molecule has 0 aliphatic rings. The molecule has 0 fully saturated rings. The van der Waals surface area contributed by atoms with E-state index in [1.54, 1.807) is 11.3 Å². The topological polar surface area (TPSA) is 43.9 Å². The first-order chi connectivity index (χ1) is 26.3. The summed E-state index contributed by atoms with van der Waals surface area (Å²) in [5.74, 6) is 0.644. The van der Waals surface area contributed by atoms with Gasteiger partial charge in [0.2, 0.25) is 5.95 Å². The van der Waals surface area contributed by atoms with Crippen molar-refractivity contribution in [3.05, 3.63) is 164 Å². The summed E-state index contributed by atoms with van der Waals surface area (Å²) in [6.45, 7) is 0. The van der Waals surface area contributed by atoms with Crippen molar-refractivity contribution in [2.24, 2.45) is 0 Å². The van der Waals surface area contributed by atoms with Gasteiger partial charge in [-0.05, 0) is 45.8 Å². The van der Waals surface area contributed by atoms with E-state index in [0.717, 1.165) is 81.7 Å². The summed E-state index contributed by atoms with van der Waals surface area (Å²) < 4.78 is 11.4. The third-order valence-electron chi connectivity index (χ3n) is 10.8. The van der Waals surface area contributed by atoms with Crippen molar-refractivity contribution in [2.45, 2.75) is 0 Å². The lowest BCUT2D eigenvalue weighted by molar-refractivity contribution is 0.670. The van der Waals surface area contributed by atoms with Gasteiger partial charge in [-0.2, -0.15) is 0 Å². The monoisotopic (exact) mass is 693 g/mol. The van der Waals surface area contributed by atoms with Crippen LogP contribution >= 0.6 is 11.3 Å². The van der Waals surface area contributed by atoms with Crippen LogP contribution in [0.4, 0.5) is 0 Å². The molecular weight excluding hydrogens is 667 g/mol. The molecule has 0 N–H and O–H groups in total. The van der Waals surface area contributed by atoms with Gasteiger partial charge in [0.25, 0.3) is 0 Å². The molecule has 0 saturated heterocycles. The summed E-state index contributed by atoms with van der Waals surface area (Å²) in [6, 6.07) is 58.2. The number of aromatic nitrogens is 3. The molecule has 0 radical (unpaired) electrons. The highest BCUT2D eigenvalue weighted by molar-refractivity contribution is 7.26. The Balaban J connectivity index is 1.25. The summed E-state index contributed by atoms with van der Waals surface area (Å²) in [5.41, 5.74) is 8.94. The molecule has 0 aliphatic carbocycles. The van der Waals surface area contributed by atoms with E-state index in [1.165, 1.54) is 26.2 Å². The van der Waals surface area contributed by atoms with Gasteiger partial charge < -0.3 is 4.42 Å². The molecule has 4 aromatic heterocycles. The Kier molecular flexibility index (Phi) is 5.90. The van der Waals surface area contributed by atoms with E-state index in [-0.39, 0.29) is 0 Å². The van der Waals surface area contributed by atoms with E-state index in [2.05, 4.69) is 168 Å². The van der Waals surface area contributed by atoms with Gasteiger partial charge in [-0.3, -0.25) is 4.57 Å². The smallest absolute Gasteiger partial charge is 0.235 e. The minimum atomic E-state index is 0.644. The second-order valence-electron chi connectivity index (χ2n) is 13.7. The highest BCUT2D eigenvalue weighted by Crippen LogP contribution is 2.45. The second-order valence-corrected chi connectivity index (χ2v) is 14.8. The predicted molar refractivity (Wildman–Crippen MR) is 222 cm³/mol. The average molecular weight is 694 g/mol. The van der Waals surface area contributed by atoms with Crippen molar-refractivity contribution in [2.75, 3.05) is 0 Å². The lowest BCUT2D eigenvalue weighted by atomic mass is 9.98. The zero-order chi connectivity index (χ0) is 34.6. The van der Waals surface area contributed by atoms with Crippen molar-refractivity contribution in [1.29, 1.82) is 0 Å². The number of hydrogen-bond acceptors (Lipinski definition) is 4. The van der Waals surface area contributed by atoms with Gasteiger partial charge in [-0.1, -0.05) is 140 Å². The molecular formula is C48H27N3OS. The van der Waals surface area contributed by atoms with Crippen molar-refractivity contribution in [3.8, 4) is 28.3 Å². The Bertz CT molecular complexity index is 3460. The van der Waals surface area contributed by atoms with E-state index < -0.39 is 0 Å². The fourth-order valence-electron chi connectivity index (χ4n) is 8.43. The van der Waals surface area contributed by atoms with Crippen LogP contribution in [0.1, 0.15) is 0 Å².